The summed E-state index contributed by atoms with van der Waals surface area (Å²) in [7, 11) is 0. The van der Waals surface area contributed by atoms with Crippen molar-refractivity contribution in [1.29, 1.82) is 0 Å². The maximum Gasteiger partial charge on any atom is 0.417 e. The van der Waals surface area contributed by atoms with Crippen LogP contribution in [0.3, 0.4) is 0 Å². The summed E-state index contributed by atoms with van der Waals surface area (Å²) in [5, 5.41) is 0.750. The maximum atomic E-state index is 12.7. The van der Waals surface area contributed by atoms with E-state index in [-0.39, 0.29) is 17.1 Å². The van der Waals surface area contributed by atoms with E-state index in [2.05, 4.69) is 9.97 Å². The van der Waals surface area contributed by atoms with E-state index in [0.717, 1.165) is 19.1 Å². The molecular weight excluding hydrogens is 373 g/mol. The molecule has 2 heterocycles. The third kappa shape index (κ3) is 3.41. The van der Waals surface area contributed by atoms with Crippen LogP contribution in [-0.2, 0) is 11.0 Å². The van der Waals surface area contributed by atoms with Gasteiger partial charge in [-0.1, -0.05) is 11.6 Å². The summed E-state index contributed by atoms with van der Waals surface area (Å²) in [6, 6.07) is 6.37. The molecule has 0 radical (unpaired) electrons. The van der Waals surface area contributed by atoms with Crippen LogP contribution in [0.4, 0.5) is 13.2 Å². The number of aromatic amines is 1. The average Bonchev–Trinajstić information content (AvgIpc) is 2.91. The maximum absolute atomic E-state index is 12.7. The summed E-state index contributed by atoms with van der Waals surface area (Å²) >= 11 is 5.93. The Morgan fingerprint density at radius 3 is 2.50 bits per heavy atom. The monoisotopic (exact) mass is 382 g/mol. The fourth-order valence-electron chi connectivity index (χ4n) is 2.37. The summed E-state index contributed by atoms with van der Waals surface area (Å²) < 4.78 is 43.0. The highest BCUT2D eigenvalue weighted by molar-refractivity contribution is 6.31. The minimum Gasteiger partial charge on any atom is -0.424 e. The van der Waals surface area contributed by atoms with E-state index in [0.29, 0.717) is 22.1 Å². The van der Waals surface area contributed by atoms with Gasteiger partial charge in [-0.25, -0.2) is 0 Å². The normalized spacial score (nSPS) is 11.6. The first-order valence-corrected chi connectivity index (χ1v) is 7.62. The number of carbonyl (C=O) groups excluding carboxylic acids is 2. The van der Waals surface area contributed by atoms with Crippen molar-refractivity contribution in [3.63, 3.8) is 0 Å². The number of H-pyrrole nitrogens is 1. The van der Waals surface area contributed by atoms with Crippen LogP contribution in [-0.4, -0.2) is 21.7 Å². The molecule has 3 rings (SSSR count). The van der Waals surface area contributed by atoms with Crippen molar-refractivity contribution in [3.05, 3.63) is 58.5 Å². The molecule has 0 aliphatic heterocycles. The molecular formula is C17H10ClF3N2O3. The molecule has 0 amide bonds. The standard InChI is InChI=1S/C17H10ClF3N2O3/c1-8(24)26-16-11-6-10(18)3-5-12(11)23-14(16)15(25)13-4-2-9(7-22-13)17(19,20)21/h2-7,23H,1H3. The van der Waals surface area contributed by atoms with E-state index in [1.165, 1.54) is 6.07 Å². The van der Waals surface area contributed by atoms with E-state index in [9.17, 15) is 22.8 Å². The van der Waals surface area contributed by atoms with E-state index >= 15 is 0 Å². The van der Waals surface area contributed by atoms with E-state index in [4.69, 9.17) is 16.3 Å². The molecule has 1 N–H and O–H groups in total. The first kappa shape index (κ1) is 17.9. The number of alkyl halides is 3. The molecule has 2 aromatic heterocycles. The van der Waals surface area contributed by atoms with Gasteiger partial charge in [0.2, 0.25) is 5.78 Å². The van der Waals surface area contributed by atoms with Gasteiger partial charge in [0.25, 0.3) is 0 Å². The number of aromatic nitrogens is 2. The Labute approximate surface area is 149 Å². The molecule has 9 heteroatoms. The SMILES string of the molecule is CC(=O)Oc1c(C(=O)c2ccc(C(F)(F)F)cn2)[nH]c2ccc(Cl)cc12. The van der Waals surface area contributed by atoms with Crippen LogP contribution in [0.1, 0.15) is 28.7 Å². The molecule has 26 heavy (non-hydrogen) atoms. The number of ether oxygens (including phenoxy) is 1. The lowest BCUT2D eigenvalue weighted by Crippen LogP contribution is -2.11. The van der Waals surface area contributed by atoms with Crippen molar-refractivity contribution in [1.82, 2.24) is 9.97 Å². The van der Waals surface area contributed by atoms with Crippen LogP contribution >= 0.6 is 11.6 Å². The Balaban J connectivity index is 2.09. The molecule has 0 fully saturated rings. The van der Waals surface area contributed by atoms with E-state index in [1.54, 1.807) is 12.1 Å². The number of carbonyl (C=O) groups is 2. The highest BCUT2D eigenvalue weighted by Gasteiger charge is 2.31. The fraction of sp³-hybridized carbons (Fsp3) is 0.118. The van der Waals surface area contributed by atoms with E-state index in [1.807, 2.05) is 0 Å². The number of fused-ring (bicyclic) bond motifs is 1. The molecule has 0 unspecified atom stereocenters. The highest BCUT2D eigenvalue weighted by atomic mass is 35.5. The predicted octanol–water partition coefficient (Wildman–Crippen LogP) is 4.39. The molecule has 0 bridgehead atoms. The summed E-state index contributed by atoms with van der Waals surface area (Å²) in [5.74, 6) is -1.44. The third-order valence-corrected chi connectivity index (χ3v) is 3.74. The molecule has 0 spiro atoms. The van der Waals surface area contributed by atoms with Crippen molar-refractivity contribution < 1.29 is 27.5 Å². The fourth-order valence-corrected chi connectivity index (χ4v) is 2.55. The van der Waals surface area contributed by atoms with Crippen LogP contribution in [0.25, 0.3) is 10.9 Å². The Morgan fingerprint density at radius 1 is 1.19 bits per heavy atom. The Bertz CT molecular complexity index is 1010. The first-order chi connectivity index (χ1) is 12.2. The summed E-state index contributed by atoms with van der Waals surface area (Å²) in [4.78, 5) is 30.4. The number of nitrogens with one attached hydrogen (secondary N) is 1. The van der Waals surface area contributed by atoms with Crippen molar-refractivity contribution >= 4 is 34.3 Å². The quantitative estimate of drug-likeness (QED) is 0.538. The second kappa shape index (κ2) is 6.45. The van der Waals surface area contributed by atoms with Crippen molar-refractivity contribution in [2.24, 2.45) is 0 Å². The molecule has 5 nitrogen and oxygen atoms in total. The van der Waals surface area contributed by atoms with Gasteiger partial charge in [-0.15, -0.1) is 0 Å². The number of rotatable bonds is 3. The van der Waals surface area contributed by atoms with Gasteiger partial charge in [0, 0.05) is 29.0 Å². The zero-order valence-electron chi connectivity index (χ0n) is 13.1. The average molecular weight is 383 g/mol. The lowest BCUT2D eigenvalue weighted by Gasteiger charge is -2.07. The topological polar surface area (TPSA) is 72.1 Å². The van der Waals surface area contributed by atoms with E-state index < -0.39 is 23.5 Å². The Morgan fingerprint density at radius 2 is 1.92 bits per heavy atom. The number of nitrogens with zero attached hydrogens (tertiary/aromatic N) is 1. The number of ketones is 1. The third-order valence-electron chi connectivity index (χ3n) is 3.51. The molecule has 0 aliphatic carbocycles. The zero-order valence-corrected chi connectivity index (χ0v) is 13.9. The minimum atomic E-state index is -4.56. The van der Waals surface area contributed by atoms with Crippen LogP contribution in [0.15, 0.2) is 36.5 Å². The summed E-state index contributed by atoms with van der Waals surface area (Å²) in [5.41, 5.74) is -0.840. The molecule has 0 saturated carbocycles. The highest BCUT2D eigenvalue weighted by Crippen LogP contribution is 2.34. The summed E-state index contributed by atoms with van der Waals surface area (Å²) in [6.45, 7) is 1.16. The molecule has 0 atom stereocenters. The number of benzene rings is 1. The van der Waals surface area contributed by atoms with Crippen LogP contribution in [0, 0.1) is 0 Å². The lowest BCUT2D eigenvalue weighted by atomic mass is 10.1. The molecule has 1 aromatic carbocycles. The number of halogens is 4. The second-order valence-corrected chi connectivity index (χ2v) is 5.81. The van der Waals surface area contributed by atoms with Crippen LogP contribution < -0.4 is 4.74 Å². The summed E-state index contributed by atoms with van der Waals surface area (Å²) in [6.07, 6.45) is -3.99. The number of hydrogen-bond acceptors (Lipinski definition) is 4. The van der Waals surface area contributed by atoms with Crippen LogP contribution in [0.5, 0.6) is 5.75 Å². The van der Waals surface area contributed by atoms with Crippen molar-refractivity contribution in [2.75, 3.05) is 0 Å². The number of hydrogen-bond donors (Lipinski definition) is 1. The largest absolute Gasteiger partial charge is 0.424 e. The van der Waals surface area contributed by atoms with Gasteiger partial charge in [0.1, 0.15) is 11.4 Å². The van der Waals surface area contributed by atoms with Crippen molar-refractivity contribution in [2.45, 2.75) is 13.1 Å². The number of esters is 1. The van der Waals surface area contributed by atoms with Gasteiger partial charge in [-0.3, -0.25) is 14.6 Å². The van der Waals surface area contributed by atoms with Gasteiger partial charge >= 0.3 is 12.1 Å². The van der Waals surface area contributed by atoms with Gasteiger partial charge in [0.15, 0.2) is 5.75 Å². The molecule has 0 aliphatic rings. The second-order valence-electron chi connectivity index (χ2n) is 5.37. The molecule has 0 saturated heterocycles. The van der Waals surface area contributed by atoms with Gasteiger partial charge in [-0.05, 0) is 30.3 Å². The molecule has 3 aromatic rings. The lowest BCUT2D eigenvalue weighted by molar-refractivity contribution is -0.138. The Kier molecular flexibility index (Phi) is 4.45. The predicted molar refractivity (Wildman–Crippen MR) is 87.3 cm³/mol. The van der Waals surface area contributed by atoms with Gasteiger partial charge < -0.3 is 9.72 Å². The first-order valence-electron chi connectivity index (χ1n) is 7.24. The van der Waals surface area contributed by atoms with Gasteiger partial charge in [-0.2, -0.15) is 13.2 Å². The van der Waals surface area contributed by atoms with Crippen LogP contribution in [0.2, 0.25) is 5.02 Å². The minimum absolute atomic E-state index is 0.0540. The number of pyridine rings is 1. The smallest absolute Gasteiger partial charge is 0.417 e. The van der Waals surface area contributed by atoms with Crippen molar-refractivity contribution in [3.8, 4) is 5.75 Å². The Hall–Kier alpha value is -2.87. The zero-order chi connectivity index (χ0) is 19.1. The molecule has 134 valence electrons. The van der Waals surface area contributed by atoms with Gasteiger partial charge in [0.05, 0.1) is 5.56 Å².